The third-order valence-corrected chi connectivity index (χ3v) is 9.13. The van der Waals surface area contributed by atoms with Gasteiger partial charge in [-0.1, -0.05) is 79.9 Å². The zero-order valence-corrected chi connectivity index (χ0v) is 25.3. The summed E-state index contributed by atoms with van der Waals surface area (Å²) in [6.45, 7) is 5.48. The van der Waals surface area contributed by atoms with E-state index in [2.05, 4.69) is 5.32 Å². The van der Waals surface area contributed by atoms with Crippen LogP contribution in [0.1, 0.15) is 44.7 Å². The number of rotatable bonds is 13. The van der Waals surface area contributed by atoms with Crippen molar-refractivity contribution in [3.05, 3.63) is 94.0 Å². The summed E-state index contributed by atoms with van der Waals surface area (Å²) in [5.41, 5.74) is 1.84. The lowest BCUT2D eigenvalue weighted by Crippen LogP contribution is -2.51. The average Bonchev–Trinajstić information content (AvgIpc) is 2.96. The molecule has 0 aromatic heterocycles. The van der Waals surface area contributed by atoms with Crippen LogP contribution in [0.2, 0.25) is 10.0 Å². The Bertz CT molecular complexity index is 1380. The number of aryl methyl sites for hydroxylation is 1. The number of carbonyl (C=O) groups is 2. The molecule has 1 N–H and O–H groups in total. The van der Waals surface area contributed by atoms with Crippen LogP contribution < -0.4 is 9.62 Å². The second kappa shape index (κ2) is 14.5. The molecular formula is C30H35Cl2N3O4S. The summed E-state index contributed by atoms with van der Waals surface area (Å²) >= 11 is 12.8. The minimum atomic E-state index is -4.12. The van der Waals surface area contributed by atoms with Crippen LogP contribution in [-0.4, -0.2) is 44.3 Å². The van der Waals surface area contributed by atoms with Crippen LogP contribution in [0.15, 0.2) is 77.7 Å². The quantitative estimate of drug-likeness (QED) is 0.240. The highest BCUT2D eigenvalue weighted by molar-refractivity contribution is 7.92. The first-order valence-electron chi connectivity index (χ1n) is 13.3. The molecule has 3 aromatic rings. The molecule has 3 aromatic carbocycles. The van der Waals surface area contributed by atoms with Crippen molar-refractivity contribution in [3.8, 4) is 0 Å². The van der Waals surface area contributed by atoms with Gasteiger partial charge in [-0.25, -0.2) is 8.42 Å². The van der Waals surface area contributed by atoms with Crippen LogP contribution in [0.5, 0.6) is 0 Å². The maximum Gasteiger partial charge on any atom is 0.264 e. The standard InChI is InChI=1S/C30H35Cl2N3O4S/c1-4-6-19-33-30(37)22(3)34(20-26-27(31)13-10-14-28(26)32)29(36)21-35(24-17-15-23(5-2)16-18-24)40(38,39)25-11-8-7-9-12-25/h7-18,22H,4-6,19-21H2,1-3H3,(H,33,37). The van der Waals surface area contributed by atoms with E-state index in [0.29, 0.717) is 27.8 Å². The van der Waals surface area contributed by atoms with Gasteiger partial charge >= 0.3 is 0 Å². The van der Waals surface area contributed by atoms with Crippen LogP contribution in [0.25, 0.3) is 0 Å². The highest BCUT2D eigenvalue weighted by atomic mass is 35.5. The zero-order valence-electron chi connectivity index (χ0n) is 22.9. The van der Waals surface area contributed by atoms with Gasteiger partial charge in [-0.15, -0.1) is 0 Å². The highest BCUT2D eigenvalue weighted by Gasteiger charge is 2.33. The fourth-order valence-corrected chi connectivity index (χ4v) is 6.07. The summed E-state index contributed by atoms with van der Waals surface area (Å²) < 4.78 is 28.7. The highest BCUT2D eigenvalue weighted by Crippen LogP contribution is 2.28. The summed E-state index contributed by atoms with van der Waals surface area (Å²) in [7, 11) is -4.12. The van der Waals surface area contributed by atoms with E-state index in [0.717, 1.165) is 29.1 Å². The van der Waals surface area contributed by atoms with Crippen LogP contribution in [-0.2, 0) is 32.6 Å². The normalized spacial score (nSPS) is 12.0. The van der Waals surface area contributed by atoms with E-state index in [9.17, 15) is 18.0 Å². The van der Waals surface area contributed by atoms with E-state index in [4.69, 9.17) is 23.2 Å². The Morgan fingerprint density at radius 2 is 1.52 bits per heavy atom. The smallest absolute Gasteiger partial charge is 0.264 e. The van der Waals surface area contributed by atoms with Crippen molar-refractivity contribution >= 4 is 50.7 Å². The zero-order chi connectivity index (χ0) is 29.3. The number of benzene rings is 3. The minimum absolute atomic E-state index is 0.0495. The second-order valence-corrected chi connectivity index (χ2v) is 12.1. The van der Waals surface area contributed by atoms with Crippen LogP contribution in [0.4, 0.5) is 5.69 Å². The summed E-state index contributed by atoms with van der Waals surface area (Å²) in [6.07, 6.45) is 2.47. The lowest BCUT2D eigenvalue weighted by atomic mass is 10.1. The van der Waals surface area contributed by atoms with Gasteiger partial charge in [-0.3, -0.25) is 13.9 Å². The number of hydrogen-bond acceptors (Lipinski definition) is 4. The minimum Gasteiger partial charge on any atom is -0.354 e. The van der Waals surface area contributed by atoms with Crippen LogP contribution in [0, 0.1) is 0 Å². The molecular weight excluding hydrogens is 569 g/mol. The molecule has 0 aliphatic carbocycles. The van der Waals surface area contributed by atoms with Gasteiger partial charge in [0.25, 0.3) is 10.0 Å². The Balaban J connectivity index is 2.03. The number of sulfonamides is 1. The topological polar surface area (TPSA) is 86.8 Å². The fraction of sp³-hybridized carbons (Fsp3) is 0.333. The third kappa shape index (κ3) is 7.77. The molecule has 7 nitrogen and oxygen atoms in total. The maximum absolute atomic E-state index is 14.0. The number of halogens is 2. The monoisotopic (exact) mass is 603 g/mol. The predicted octanol–water partition coefficient (Wildman–Crippen LogP) is 6.08. The van der Waals surface area contributed by atoms with E-state index in [1.54, 1.807) is 55.5 Å². The number of amides is 2. The molecule has 214 valence electrons. The van der Waals surface area contributed by atoms with Gasteiger partial charge in [0.1, 0.15) is 12.6 Å². The fourth-order valence-electron chi connectivity index (χ4n) is 4.12. The molecule has 0 aliphatic rings. The Morgan fingerprint density at radius 3 is 2.10 bits per heavy atom. The van der Waals surface area contributed by atoms with Crippen molar-refractivity contribution in [1.29, 1.82) is 0 Å². The molecule has 0 saturated heterocycles. The van der Waals surface area contributed by atoms with Crippen molar-refractivity contribution in [3.63, 3.8) is 0 Å². The largest absolute Gasteiger partial charge is 0.354 e. The molecule has 0 heterocycles. The van der Waals surface area contributed by atoms with Gasteiger partial charge < -0.3 is 10.2 Å². The number of hydrogen-bond donors (Lipinski definition) is 1. The first-order chi connectivity index (χ1) is 19.1. The first-order valence-corrected chi connectivity index (χ1v) is 15.5. The lowest BCUT2D eigenvalue weighted by Gasteiger charge is -2.32. The van der Waals surface area contributed by atoms with E-state index >= 15 is 0 Å². The molecule has 1 unspecified atom stereocenters. The molecule has 0 spiro atoms. The molecule has 3 rings (SSSR count). The molecule has 1 atom stereocenters. The molecule has 10 heteroatoms. The summed E-state index contributed by atoms with van der Waals surface area (Å²) in [4.78, 5) is 28.4. The third-order valence-electron chi connectivity index (χ3n) is 6.63. The molecule has 0 fully saturated rings. The molecule has 0 aliphatic heterocycles. The van der Waals surface area contributed by atoms with Crippen molar-refractivity contribution in [2.24, 2.45) is 0 Å². The molecule has 0 bridgehead atoms. The summed E-state index contributed by atoms with van der Waals surface area (Å²) in [5, 5.41) is 3.54. The number of unbranched alkanes of at least 4 members (excludes halogenated alkanes) is 1. The second-order valence-electron chi connectivity index (χ2n) is 9.39. The Hall–Kier alpha value is -3.07. The molecule has 0 radical (unpaired) electrons. The van der Waals surface area contributed by atoms with Crippen molar-refractivity contribution < 1.29 is 18.0 Å². The molecule has 40 heavy (non-hydrogen) atoms. The predicted molar refractivity (Wildman–Crippen MR) is 161 cm³/mol. The van der Waals surface area contributed by atoms with Crippen molar-refractivity contribution in [1.82, 2.24) is 10.2 Å². The van der Waals surface area contributed by atoms with Crippen LogP contribution >= 0.6 is 23.2 Å². The number of carbonyl (C=O) groups excluding carboxylic acids is 2. The summed E-state index contributed by atoms with van der Waals surface area (Å²) in [6, 6.07) is 19.0. The van der Waals surface area contributed by atoms with Gasteiger partial charge in [0.15, 0.2) is 0 Å². The lowest BCUT2D eigenvalue weighted by molar-refractivity contribution is -0.139. The number of nitrogens with zero attached hydrogens (tertiary/aromatic N) is 2. The van der Waals surface area contributed by atoms with Gasteiger partial charge in [0, 0.05) is 28.7 Å². The Kier molecular flexibility index (Phi) is 11.4. The van der Waals surface area contributed by atoms with Crippen LogP contribution in [0.3, 0.4) is 0 Å². The van der Waals surface area contributed by atoms with E-state index in [1.807, 2.05) is 26.0 Å². The van der Waals surface area contributed by atoms with Crippen molar-refractivity contribution in [2.75, 3.05) is 17.4 Å². The first kappa shape index (κ1) is 31.5. The van der Waals surface area contributed by atoms with Gasteiger partial charge in [0.05, 0.1) is 10.6 Å². The van der Waals surface area contributed by atoms with Gasteiger partial charge in [-0.05, 0) is 61.7 Å². The van der Waals surface area contributed by atoms with Gasteiger partial charge in [0.2, 0.25) is 11.8 Å². The molecule has 2 amide bonds. The average molecular weight is 605 g/mol. The Labute approximate surface area is 247 Å². The maximum atomic E-state index is 14.0. The van der Waals surface area contributed by atoms with E-state index < -0.39 is 28.5 Å². The number of nitrogens with one attached hydrogen (secondary N) is 1. The van der Waals surface area contributed by atoms with E-state index in [-0.39, 0.29) is 17.3 Å². The van der Waals surface area contributed by atoms with Gasteiger partial charge in [-0.2, -0.15) is 0 Å². The van der Waals surface area contributed by atoms with E-state index in [1.165, 1.54) is 17.0 Å². The van der Waals surface area contributed by atoms with Crippen molar-refractivity contribution in [2.45, 2.75) is 57.5 Å². The Morgan fingerprint density at radius 1 is 0.900 bits per heavy atom. The molecule has 0 saturated carbocycles. The summed E-state index contributed by atoms with van der Waals surface area (Å²) in [5.74, 6) is -0.928. The SMILES string of the molecule is CCCCNC(=O)C(C)N(Cc1c(Cl)cccc1Cl)C(=O)CN(c1ccc(CC)cc1)S(=O)(=O)c1ccccc1. The number of anilines is 1.